The highest BCUT2D eigenvalue weighted by atomic mass is 35.5. The summed E-state index contributed by atoms with van der Waals surface area (Å²) in [5.41, 5.74) is 1.38. The first-order chi connectivity index (χ1) is 10.2. The van der Waals surface area contributed by atoms with E-state index in [1.54, 1.807) is 25.3 Å². The highest BCUT2D eigenvalue weighted by molar-refractivity contribution is 6.30. The Labute approximate surface area is 130 Å². The van der Waals surface area contributed by atoms with Crippen LogP contribution in [0.3, 0.4) is 0 Å². The topological polar surface area (TPSA) is 38.7 Å². The lowest BCUT2D eigenvalue weighted by Crippen LogP contribution is -2.03. The van der Waals surface area contributed by atoms with Crippen LogP contribution in [-0.4, -0.2) is 18.8 Å². The molecule has 0 saturated carbocycles. The average molecular weight is 307 g/mol. The van der Waals surface area contributed by atoms with Crippen molar-refractivity contribution < 1.29 is 14.6 Å². The van der Waals surface area contributed by atoms with E-state index in [-0.39, 0.29) is 0 Å². The Kier molecular flexibility index (Phi) is 5.48. The molecule has 0 aliphatic heterocycles. The fourth-order valence-corrected chi connectivity index (χ4v) is 2.27. The van der Waals surface area contributed by atoms with Gasteiger partial charge in [-0.05, 0) is 42.3 Å². The van der Waals surface area contributed by atoms with Crippen molar-refractivity contribution in [3.05, 3.63) is 58.6 Å². The fourth-order valence-electron chi connectivity index (χ4n) is 2.09. The van der Waals surface area contributed by atoms with Crippen LogP contribution in [0.1, 0.15) is 30.6 Å². The normalized spacial score (nSPS) is 12.0. The molecule has 21 heavy (non-hydrogen) atoms. The van der Waals surface area contributed by atoms with Gasteiger partial charge in [0, 0.05) is 10.6 Å². The van der Waals surface area contributed by atoms with Crippen LogP contribution in [0.4, 0.5) is 0 Å². The summed E-state index contributed by atoms with van der Waals surface area (Å²) in [6.07, 6.45) is 0.123. The van der Waals surface area contributed by atoms with Crippen molar-refractivity contribution in [2.45, 2.75) is 19.4 Å². The van der Waals surface area contributed by atoms with Gasteiger partial charge in [0.05, 0.1) is 13.7 Å². The third-order valence-electron chi connectivity index (χ3n) is 3.13. The third kappa shape index (κ3) is 3.90. The molecular weight excluding hydrogens is 288 g/mol. The van der Waals surface area contributed by atoms with Crippen molar-refractivity contribution in [3.8, 4) is 11.5 Å². The Morgan fingerprint density at radius 2 is 2.00 bits per heavy atom. The zero-order valence-corrected chi connectivity index (χ0v) is 12.9. The van der Waals surface area contributed by atoms with Crippen LogP contribution in [-0.2, 0) is 0 Å². The second kappa shape index (κ2) is 7.34. The number of methoxy groups -OCH3 is 1. The number of ether oxygens (including phenoxy) is 2. The second-order valence-corrected chi connectivity index (χ2v) is 5.15. The SMILES string of the molecule is CCCOc1cccc(C(O)c2cc(Cl)ccc2OC)c1. The van der Waals surface area contributed by atoms with Gasteiger partial charge >= 0.3 is 0 Å². The van der Waals surface area contributed by atoms with Gasteiger partial charge in [0.1, 0.15) is 17.6 Å². The number of aliphatic hydroxyl groups excluding tert-OH is 1. The van der Waals surface area contributed by atoms with Crippen molar-refractivity contribution in [2.24, 2.45) is 0 Å². The van der Waals surface area contributed by atoms with Crippen LogP contribution in [0.25, 0.3) is 0 Å². The van der Waals surface area contributed by atoms with Crippen LogP contribution in [0, 0.1) is 0 Å². The van der Waals surface area contributed by atoms with E-state index in [1.807, 2.05) is 24.3 Å². The average Bonchev–Trinajstić information content (AvgIpc) is 2.52. The molecule has 4 heteroatoms. The minimum atomic E-state index is -0.816. The van der Waals surface area contributed by atoms with E-state index in [1.165, 1.54) is 0 Å². The van der Waals surface area contributed by atoms with Crippen LogP contribution in [0.5, 0.6) is 11.5 Å². The molecule has 0 amide bonds. The Hall–Kier alpha value is -1.71. The summed E-state index contributed by atoms with van der Waals surface area (Å²) in [6.45, 7) is 2.70. The molecule has 2 aromatic carbocycles. The predicted molar refractivity (Wildman–Crippen MR) is 84.3 cm³/mol. The lowest BCUT2D eigenvalue weighted by molar-refractivity contribution is 0.214. The first-order valence-electron chi connectivity index (χ1n) is 6.90. The molecule has 0 aliphatic carbocycles. The lowest BCUT2D eigenvalue weighted by atomic mass is 10.0. The van der Waals surface area contributed by atoms with E-state index in [9.17, 15) is 5.11 Å². The van der Waals surface area contributed by atoms with Crippen LogP contribution in [0.2, 0.25) is 5.02 Å². The number of benzene rings is 2. The van der Waals surface area contributed by atoms with Gasteiger partial charge in [-0.25, -0.2) is 0 Å². The molecular formula is C17H19ClO3. The van der Waals surface area contributed by atoms with Crippen LogP contribution in [0.15, 0.2) is 42.5 Å². The van der Waals surface area contributed by atoms with E-state index in [0.29, 0.717) is 22.9 Å². The Morgan fingerprint density at radius 3 is 2.71 bits per heavy atom. The van der Waals surface area contributed by atoms with Crippen molar-refractivity contribution in [1.82, 2.24) is 0 Å². The first kappa shape index (κ1) is 15.7. The van der Waals surface area contributed by atoms with Gasteiger partial charge in [-0.1, -0.05) is 30.7 Å². The molecule has 2 rings (SSSR count). The monoisotopic (exact) mass is 306 g/mol. The maximum Gasteiger partial charge on any atom is 0.125 e. The molecule has 0 bridgehead atoms. The summed E-state index contributed by atoms with van der Waals surface area (Å²) in [5, 5.41) is 11.1. The Bertz CT molecular complexity index is 598. The quantitative estimate of drug-likeness (QED) is 0.868. The van der Waals surface area contributed by atoms with E-state index in [0.717, 1.165) is 17.7 Å². The Morgan fingerprint density at radius 1 is 1.19 bits per heavy atom. The fraction of sp³-hybridized carbons (Fsp3) is 0.294. The van der Waals surface area contributed by atoms with Gasteiger partial charge in [0.25, 0.3) is 0 Å². The highest BCUT2D eigenvalue weighted by Crippen LogP contribution is 2.33. The first-order valence-corrected chi connectivity index (χ1v) is 7.27. The summed E-state index contributed by atoms with van der Waals surface area (Å²) in [7, 11) is 1.57. The molecule has 1 N–H and O–H groups in total. The van der Waals surface area contributed by atoms with Gasteiger partial charge in [-0.2, -0.15) is 0 Å². The van der Waals surface area contributed by atoms with E-state index in [4.69, 9.17) is 21.1 Å². The second-order valence-electron chi connectivity index (χ2n) is 4.71. The number of rotatable bonds is 6. The number of halogens is 1. The van der Waals surface area contributed by atoms with Crippen LogP contribution >= 0.6 is 11.6 Å². The van der Waals surface area contributed by atoms with Gasteiger partial charge in [-0.3, -0.25) is 0 Å². The number of hydrogen-bond acceptors (Lipinski definition) is 3. The van der Waals surface area contributed by atoms with Gasteiger partial charge in [0.15, 0.2) is 0 Å². The Balaban J connectivity index is 2.31. The van der Waals surface area contributed by atoms with E-state index in [2.05, 4.69) is 6.92 Å². The summed E-state index contributed by atoms with van der Waals surface area (Å²) < 4.78 is 10.9. The van der Waals surface area contributed by atoms with Crippen molar-refractivity contribution in [3.63, 3.8) is 0 Å². The number of hydrogen-bond donors (Lipinski definition) is 1. The van der Waals surface area contributed by atoms with Crippen molar-refractivity contribution >= 4 is 11.6 Å². The molecule has 0 heterocycles. The third-order valence-corrected chi connectivity index (χ3v) is 3.37. The summed E-state index contributed by atoms with van der Waals surface area (Å²) in [6, 6.07) is 12.6. The molecule has 1 unspecified atom stereocenters. The molecule has 0 radical (unpaired) electrons. The van der Waals surface area contributed by atoms with Crippen molar-refractivity contribution in [2.75, 3.05) is 13.7 Å². The molecule has 0 aromatic heterocycles. The molecule has 112 valence electrons. The smallest absolute Gasteiger partial charge is 0.125 e. The summed E-state index contributed by atoms with van der Waals surface area (Å²) in [4.78, 5) is 0. The van der Waals surface area contributed by atoms with Crippen LogP contribution < -0.4 is 9.47 Å². The minimum absolute atomic E-state index is 0.559. The summed E-state index contributed by atoms with van der Waals surface area (Å²) >= 11 is 6.01. The van der Waals surface area contributed by atoms with Crippen molar-refractivity contribution in [1.29, 1.82) is 0 Å². The number of aliphatic hydroxyl groups is 1. The minimum Gasteiger partial charge on any atom is -0.496 e. The maximum atomic E-state index is 10.6. The highest BCUT2D eigenvalue weighted by Gasteiger charge is 2.16. The lowest BCUT2D eigenvalue weighted by Gasteiger charge is -2.16. The molecule has 2 aromatic rings. The maximum absolute atomic E-state index is 10.6. The van der Waals surface area contributed by atoms with E-state index < -0.39 is 6.10 Å². The van der Waals surface area contributed by atoms with E-state index >= 15 is 0 Å². The predicted octanol–water partition coefficient (Wildman–Crippen LogP) is 4.22. The summed E-state index contributed by atoms with van der Waals surface area (Å²) in [5.74, 6) is 1.35. The molecule has 3 nitrogen and oxygen atoms in total. The molecule has 0 aliphatic rings. The molecule has 0 saturated heterocycles. The van der Waals surface area contributed by atoms with Gasteiger partial charge in [-0.15, -0.1) is 0 Å². The molecule has 1 atom stereocenters. The largest absolute Gasteiger partial charge is 0.496 e. The van der Waals surface area contributed by atoms with Gasteiger partial charge in [0.2, 0.25) is 0 Å². The standard InChI is InChI=1S/C17H19ClO3/c1-3-9-21-14-6-4-5-12(10-14)17(19)15-11-13(18)7-8-16(15)20-2/h4-8,10-11,17,19H,3,9H2,1-2H3. The molecule has 0 fully saturated rings. The van der Waals surface area contributed by atoms with Gasteiger partial charge < -0.3 is 14.6 Å². The zero-order valence-electron chi connectivity index (χ0n) is 12.2. The molecule has 0 spiro atoms. The zero-order chi connectivity index (χ0) is 15.2.